The fourth-order valence-electron chi connectivity index (χ4n) is 2.60. The van der Waals surface area contributed by atoms with E-state index in [1.807, 2.05) is 45.3 Å². The third-order valence-corrected chi connectivity index (χ3v) is 4.28. The first-order valence-corrected chi connectivity index (χ1v) is 10.1. The highest BCUT2D eigenvalue weighted by Crippen LogP contribution is 2.30. The molecule has 0 atom stereocenters. The molecule has 3 heterocycles. The van der Waals surface area contributed by atoms with Crippen molar-refractivity contribution in [3.05, 3.63) is 47.6 Å². The van der Waals surface area contributed by atoms with E-state index in [0.29, 0.717) is 11.0 Å². The molecule has 28 heavy (non-hydrogen) atoms. The average molecular weight is 402 g/mol. The van der Waals surface area contributed by atoms with Crippen LogP contribution in [0, 0.1) is 5.92 Å². The Labute approximate surface area is 171 Å². The first-order valence-electron chi connectivity index (χ1n) is 9.76. The number of carbonyl (C=O) groups is 1. The molecular weight excluding hydrogens is 374 g/mol. The van der Waals surface area contributed by atoms with Gasteiger partial charge in [0.25, 0.3) is 0 Å². The minimum Gasteiger partial charge on any atom is -0.310 e. The molecule has 1 N–H and O–H groups in total. The van der Waals surface area contributed by atoms with Crippen molar-refractivity contribution in [3.8, 4) is 0 Å². The van der Waals surface area contributed by atoms with Crippen molar-refractivity contribution in [1.82, 2.24) is 19.7 Å². The predicted molar refractivity (Wildman–Crippen MR) is 114 cm³/mol. The molecule has 6 nitrogen and oxygen atoms in total. The van der Waals surface area contributed by atoms with Crippen LogP contribution in [0.1, 0.15) is 45.7 Å². The molecule has 3 aromatic heterocycles. The van der Waals surface area contributed by atoms with Crippen LogP contribution in [-0.4, -0.2) is 25.7 Å². The topological polar surface area (TPSA) is 72.7 Å². The van der Waals surface area contributed by atoms with Crippen LogP contribution in [0.5, 0.6) is 0 Å². The first-order chi connectivity index (χ1) is 13.6. The van der Waals surface area contributed by atoms with Gasteiger partial charge in [-0.15, -0.1) is 0 Å². The zero-order valence-corrected chi connectivity index (χ0v) is 17.7. The molecule has 3 aromatic rings. The molecule has 7 heteroatoms. The number of hydrogen-bond acceptors (Lipinski definition) is 4. The van der Waals surface area contributed by atoms with Gasteiger partial charge in [-0.25, -0.2) is 9.97 Å². The summed E-state index contributed by atoms with van der Waals surface area (Å²) in [6, 6.07) is 5.56. The maximum atomic E-state index is 11.8. The third kappa shape index (κ3) is 6.30. The largest absolute Gasteiger partial charge is 0.310 e. The van der Waals surface area contributed by atoms with Gasteiger partial charge in [-0.1, -0.05) is 38.8 Å². The number of hydrogen-bond donors (Lipinski definition) is 1. The van der Waals surface area contributed by atoms with Crippen LogP contribution < -0.4 is 5.32 Å². The number of aromatic nitrogens is 4. The zero-order chi connectivity index (χ0) is 20.5. The average Bonchev–Trinajstić information content (AvgIpc) is 3.44. The van der Waals surface area contributed by atoms with Crippen molar-refractivity contribution in [2.45, 2.75) is 46.5 Å². The predicted octanol–water partition coefficient (Wildman–Crippen LogP) is 5.03. The highest BCUT2D eigenvalue weighted by atomic mass is 35.5. The Hall–Kier alpha value is -2.47. The van der Waals surface area contributed by atoms with E-state index in [4.69, 9.17) is 11.6 Å². The molecule has 0 spiro atoms. The second-order valence-electron chi connectivity index (χ2n) is 6.38. The lowest BCUT2D eigenvalue weighted by Gasteiger charge is -2.08. The molecule has 1 amide bonds. The van der Waals surface area contributed by atoms with E-state index in [1.165, 1.54) is 0 Å². The van der Waals surface area contributed by atoms with E-state index < -0.39 is 0 Å². The van der Waals surface area contributed by atoms with Crippen LogP contribution in [0.15, 0.2) is 36.8 Å². The van der Waals surface area contributed by atoms with E-state index in [-0.39, 0.29) is 11.8 Å². The van der Waals surface area contributed by atoms with E-state index in [1.54, 1.807) is 17.1 Å². The SMILES string of the molecule is CC.CCCc1nc(Cl)cc2cc(NC(=O)C3CC3)ncc12.Cn1cccn1. The standard InChI is InChI=1S/C15H16ClN3O.C4H6N2.C2H6/c1-2-3-12-11-8-17-14(19-15(20)9-4-5-9)7-10(11)6-13(16)18-12;1-6-4-2-3-5-6;1-2/h6-9H,2-5H2,1H3,(H,17,19,20);2-4H,1H3;1-2H3. The molecular formula is C21H28ClN5O. The second-order valence-corrected chi connectivity index (χ2v) is 6.76. The lowest BCUT2D eigenvalue weighted by atomic mass is 10.1. The Morgan fingerprint density at radius 2 is 2.07 bits per heavy atom. The summed E-state index contributed by atoms with van der Waals surface area (Å²) in [5.41, 5.74) is 0.961. The summed E-state index contributed by atoms with van der Waals surface area (Å²) in [7, 11) is 1.89. The minimum absolute atomic E-state index is 0.0609. The van der Waals surface area contributed by atoms with Crippen LogP contribution in [0.3, 0.4) is 0 Å². The number of nitrogens with one attached hydrogen (secondary N) is 1. The van der Waals surface area contributed by atoms with Crippen LogP contribution >= 0.6 is 11.6 Å². The van der Waals surface area contributed by atoms with Crippen molar-refractivity contribution in [2.75, 3.05) is 5.32 Å². The molecule has 150 valence electrons. The summed E-state index contributed by atoms with van der Waals surface area (Å²) >= 11 is 6.06. The summed E-state index contributed by atoms with van der Waals surface area (Å²) in [5, 5.41) is 9.13. The van der Waals surface area contributed by atoms with Crippen molar-refractivity contribution >= 4 is 34.1 Å². The number of aryl methyl sites for hydroxylation is 2. The summed E-state index contributed by atoms with van der Waals surface area (Å²) in [4.78, 5) is 20.4. The van der Waals surface area contributed by atoms with Gasteiger partial charge in [0.05, 0.1) is 5.69 Å². The van der Waals surface area contributed by atoms with Crippen LogP contribution in [0.4, 0.5) is 5.82 Å². The van der Waals surface area contributed by atoms with E-state index >= 15 is 0 Å². The molecule has 1 fully saturated rings. The maximum absolute atomic E-state index is 11.8. The molecule has 1 aliphatic carbocycles. The molecule has 1 aliphatic rings. The van der Waals surface area contributed by atoms with E-state index in [2.05, 4.69) is 27.3 Å². The molecule has 4 rings (SSSR count). The highest BCUT2D eigenvalue weighted by molar-refractivity contribution is 6.30. The summed E-state index contributed by atoms with van der Waals surface area (Å²) < 4.78 is 1.75. The molecule has 0 saturated heterocycles. The van der Waals surface area contributed by atoms with Gasteiger partial charge >= 0.3 is 0 Å². The van der Waals surface area contributed by atoms with Gasteiger partial charge in [-0.2, -0.15) is 5.10 Å². The van der Waals surface area contributed by atoms with Gasteiger partial charge < -0.3 is 5.32 Å². The molecule has 0 aromatic carbocycles. The van der Waals surface area contributed by atoms with E-state index in [9.17, 15) is 4.79 Å². The number of carbonyl (C=O) groups excluding carboxylic acids is 1. The van der Waals surface area contributed by atoms with Crippen LogP contribution in [0.2, 0.25) is 5.15 Å². The number of nitrogens with zero attached hydrogens (tertiary/aromatic N) is 4. The van der Waals surface area contributed by atoms with Crippen LogP contribution in [-0.2, 0) is 18.3 Å². The van der Waals surface area contributed by atoms with Gasteiger partial charge in [0.15, 0.2) is 0 Å². The van der Waals surface area contributed by atoms with Gasteiger partial charge in [0, 0.05) is 36.9 Å². The number of halogens is 1. The van der Waals surface area contributed by atoms with Crippen molar-refractivity contribution < 1.29 is 4.79 Å². The number of fused-ring (bicyclic) bond motifs is 1. The Balaban J connectivity index is 0.000000296. The Morgan fingerprint density at radius 1 is 1.32 bits per heavy atom. The molecule has 0 aliphatic heterocycles. The Morgan fingerprint density at radius 3 is 2.61 bits per heavy atom. The summed E-state index contributed by atoms with van der Waals surface area (Å²) in [6.07, 6.45) is 9.24. The number of amides is 1. The lowest BCUT2D eigenvalue weighted by Crippen LogP contribution is -2.14. The van der Waals surface area contributed by atoms with Gasteiger partial charge in [-0.3, -0.25) is 9.48 Å². The maximum Gasteiger partial charge on any atom is 0.228 e. The fourth-order valence-corrected chi connectivity index (χ4v) is 2.82. The van der Waals surface area contributed by atoms with Gasteiger partial charge in [0.1, 0.15) is 11.0 Å². The molecule has 0 radical (unpaired) electrons. The number of pyridine rings is 2. The van der Waals surface area contributed by atoms with Crippen molar-refractivity contribution in [1.29, 1.82) is 0 Å². The van der Waals surface area contributed by atoms with Gasteiger partial charge in [-0.05, 0) is 42.8 Å². The van der Waals surface area contributed by atoms with Crippen molar-refractivity contribution in [3.63, 3.8) is 0 Å². The quantitative estimate of drug-likeness (QED) is 0.622. The highest BCUT2D eigenvalue weighted by Gasteiger charge is 2.29. The zero-order valence-electron chi connectivity index (χ0n) is 16.9. The van der Waals surface area contributed by atoms with Gasteiger partial charge in [0.2, 0.25) is 5.91 Å². The monoisotopic (exact) mass is 401 g/mol. The van der Waals surface area contributed by atoms with Crippen LogP contribution in [0.25, 0.3) is 10.8 Å². The van der Waals surface area contributed by atoms with Crippen molar-refractivity contribution in [2.24, 2.45) is 13.0 Å². The normalized spacial score (nSPS) is 12.5. The Kier molecular flexibility index (Phi) is 8.39. The molecule has 0 unspecified atom stereocenters. The summed E-state index contributed by atoms with van der Waals surface area (Å²) in [5.74, 6) is 0.814. The third-order valence-electron chi connectivity index (χ3n) is 4.09. The lowest BCUT2D eigenvalue weighted by molar-refractivity contribution is -0.117. The summed E-state index contributed by atoms with van der Waals surface area (Å²) in [6.45, 7) is 6.10. The molecule has 0 bridgehead atoms. The first kappa shape index (κ1) is 21.8. The minimum atomic E-state index is 0.0609. The smallest absolute Gasteiger partial charge is 0.228 e. The Bertz CT molecular complexity index is 891. The fraction of sp³-hybridized carbons (Fsp3) is 0.429. The number of rotatable bonds is 4. The molecule has 1 saturated carbocycles. The van der Waals surface area contributed by atoms with E-state index in [0.717, 1.165) is 42.1 Å². The number of anilines is 1. The second kappa shape index (κ2) is 10.8.